The summed E-state index contributed by atoms with van der Waals surface area (Å²) < 4.78 is 9.06. The lowest BCUT2D eigenvalue weighted by Gasteiger charge is -2.34. The topological polar surface area (TPSA) is 48.1 Å². The van der Waals surface area contributed by atoms with E-state index >= 15 is 0 Å². The molecule has 1 atom stereocenters. The van der Waals surface area contributed by atoms with Crippen LogP contribution in [0.4, 0.5) is 0 Å². The van der Waals surface area contributed by atoms with Crippen molar-refractivity contribution in [2.75, 3.05) is 26.3 Å². The first kappa shape index (κ1) is 15.4. The number of benzene rings is 1. The van der Waals surface area contributed by atoms with Gasteiger partial charge in [-0.3, -0.25) is 9.58 Å². The van der Waals surface area contributed by atoms with Crippen LogP contribution in [0.25, 0.3) is 16.6 Å². The maximum absolute atomic E-state index is 6.62. The molecule has 2 saturated heterocycles. The summed E-state index contributed by atoms with van der Waals surface area (Å²) in [5, 5.41) is 10.7. The van der Waals surface area contributed by atoms with Gasteiger partial charge >= 0.3 is 0 Å². The molecule has 0 N–H and O–H groups in total. The van der Waals surface area contributed by atoms with Crippen LogP contribution < -0.4 is 0 Å². The van der Waals surface area contributed by atoms with E-state index < -0.39 is 0 Å². The molecule has 1 aromatic carbocycles. The minimum absolute atomic E-state index is 0.467. The number of hydrogen-bond donors (Lipinski definition) is 0. The van der Waals surface area contributed by atoms with Gasteiger partial charge < -0.3 is 4.74 Å². The number of ether oxygens (including phenoxy) is 1. The summed E-state index contributed by atoms with van der Waals surface area (Å²) in [6, 6.07) is 4.85. The number of likely N-dealkylation sites (tertiary alicyclic amines) is 1. The van der Waals surface area contributed by atoms with E-state index in [9.17, 15) is 0 Å². The number of aryl methyl sites for hydroxylation is 1. The van der Waals surface area contributed by atoms with Crippen molar-refractivity contribution in [2.24, 2.45) is 7.05 Å². The van der Waals surface area contributed by atoms with Crippen LogP contribution in [0, 0.1) is 0 Å². The van der Waals surface area contributed by atoms with Crippen molar-refractivity contribution in [1.29, 1.82) is 0 Å². The molecule has 4 heterocycles. The maximum atomic E-state index is 6.62. The highest BCUT2D eigenvalue weighted by atomic mass is 35.5. The summed E-state index contributed by atoms with van der Waals surface area (Å²) in [5.74, 6) is 0.467. The van der Waals surface area contributed by atoms with E-state index in [1.165, 1.54) is 5.56 Å². The predicted molar refractivity (Wildman–Crippen MR) is 96.4 cm³/mol. The van der Waals surface area contributed by atoms with Gasteiger partial charge in [0.15, 0.2) is 0 Å². The molecular weight excluding hydrogens is 338 g/mol. The number of rotatable bonds is 3. The number of hydrogen-bond acceptors (Lipinski definition) is 4. The molecule has 1 unspecified atom stereocenters. The van der Waals surface area contributed by atoms with Crippen molar-refractivity contribution < 1.29 is 4.74 Å². The van der Waals surface area contributed by atoms with Gasteiger partial charge in [0, 0.05) is 24.0 Å². The van der Waals surface area contributed by atoms with Crippen LogP contribution in [0.15, 0.2) is 30.7 Å². The van der Waals surface area contributed by atoms with Gasteiger partial charge in [-0.05, 0) is 36.6 Å². The second-order valence-electron chi connectivity index (χ2n) is 7.03. The molecule has 130 valence electrons. The van der Waals surface area contributed by atoms with Gasteiger partial charge in [-0.15, -0.1) is 0 Å². The van der Waals surface area contributed by atoms with Crippen LogP contribution in [0.2, 0.25) is 5.02 Å². The first-order valence-electron chi connectivity index (χ1n) is 8.67. The average Bonchev–Trinajstić information content (AvgIpc) is 3.24. The van der Waals surface area contributed by atoms with Crippen molar-refractivity contribution in [1.82, 2.24) is 24.5 Å². The molecule has 0 aliphatic carbocycles. The number of nitrogens with zero attached hydrogens (tertiary/aromatic N) is 5. The minimum atomic E-state index is 0.467. The molecule has 7 heteroatoms. The van der Waals surface area contributed by atoms with E-state index in [-0.39, 0.29) is 0 Å². The molecule has 3 aromatic rings. The van der Waals surface area contributed by atoms with Gasteiger partial charge in [0.25, 0.3) is 0 Å². The molecule has 0 amide bonds. The van der Waals surface area contributed by atoms with E-state index in [0.717, 1.165) is 54.3 Å². The van der Waals surface area contributed by atoms with Gasteiger partial charge in [0.05, 0.1) is 43.4 Å². The van der Waals surface area contributed by atoms with Crippen molar-refractivity contribution in [2.45, 2.75) is 18.4 Å². The highest BCUT2D eigenvalue weighted by Gasteiger charge is 2.33. The zero-order valence-electron chi connectivity index (χ0n) is 14.1. The van der Waals surface area contributed by atoms with Crippen LogP contribution in [0.5, 0.6) is 0 Å². The normalized spacial score (nSPS) is 21.9. The molecule has 5 rings (SSSR count). The van der Waals surface area contributed by atoms with E-state index in [1.807, 2.05) is 36.4 Å². The van der Waals surface area contributed by atoms with Crippen LogP contribution >= 0.6 is 11.6 Å². The fourth-order valence-electron chi connectivity index (χ4n) is 3.91. The van der Waals surface area contributed by atoms with Gasteiger partial charge in [0.2, 0.25) is 0 Å². The molecule has 2 fully saturated rings. The molecule has 25 heavy (non-hydrogen) atoms. The average molecular weight is 358 g/mol. The molecule has 0 bridgehead atoms. The van der Waals surface area contributed by atoms with E-state index in [1.54, 1.807) is 4.68 Å². The lowest BCUT2D eigenvalue weighted by Crippen LogP contribution is -2.47. The van der Waals surface area contributed by atoms with Crippen molar-refractivity contribution in [3.05, 3.63) is 41.3 Å². The Morgan fingerprint density at radius 2 is 2.08 bits per heavy atom. The van der Waals surface area contributed by atoms with Gasteiger partial charge in [-0.2, -0.15) is 10.2 Å². The van der Waals surface area contributed by atoms with Gasteiger partial charge in [0.1, 0.15) is 5.69 Å². The molecule has 0 saturated carbocycles. The molecule has 2 aliphatic rings. The summed E-state index contributed by atoms with van der Waals surface area (Å²) in [4.78, 5) is 2.53. The number of aromatic nitrogens is 4. The Labute approximate surface area is 150 Å². The third kappa shape index (κ3) is 2.56. The van der Waals surface area contributed by atoms with Crippen LogP contribution in [-0.4, -0.2) is 56.8 Å². The Morgan fingerprint density at radius 1 is 1.20 bits per heavy atom. The Kier molecular flexibility index (Phi) is 3.58. The van der Waals surface area contributed by atoms with Gasteiger partial charge in [-0.25, -0.2) is 4.68 Å². The Morgan fingerprint density at radius 3 is 2.80 bits per heavy atom. The Hall–Kier alpha value is -1.89. The number of fused-ring (bicyclic) bond motifs is 1. The lowest BCUT2D eigenvalue weighted by atomic mass is 9.97. The second-order valence-corrected chi connectivity index (χ2v) is 7.44. The largest absolute Gasteiger partial charge is 0.378 e. The zero-order valence-corrected chi connectivity index (χ0v) is 14.9. The van der Waals surface area contributed by atoms with Crippen LogP contribution in [-0.2, 0) is 11.8 Å². The minimum Gasteiger partial charge on any atom is -0.378 e. The fourth-order valence-corrected chi connectivity index (χ4v) is 4.23. The third-order valence-corrected chi connectivity index (χ3v) is 5.75. The van der Waals surface area contributed by atoms with Crippen molar-refractivity contribution in [3.63, 3.8) is 0 Å². The Bertz CT molecular complexity index is 929. The van der Waals surface area contributed by atoms with Crippen LogP contribution in [0.3, 0.4) is 0 Å². The van der Waals surface area contributed by atoms with E-state index in [4.69, 9.17) is 16.3 Å². The number of halogens is 1. The standard InChI is InChI=1S/C18H20ClN5O/c1-22-9-14(7-20-22)24-18-5-16(17(19)4-13(18)6-21-24)12-2-3-23(8-12)15-10-25-11-15/h4-7,9,12,15H,2-3,8,10-11H2,1H3. The Balaban J connectivity index is 1.51. The summed E-state index contributed by atoms with van der Waals surface area (Å²) >= 11 is 6.62. The first-order valence-corrected chi connectivity index (χ1v) is 9.05. The summed E-state index contributed by atoms with van der Waals surface area (Å²) in [7, 11) is 1.91. The van der Waals surface area contributed by atoms with E-state index in [2.05, 4.69) is 21.2 Å². The first-order chi connectivity index (χ1) is 12.2. The summed E-state index contributed by atoms with van der Waals surface area (Å²) in [6.45, 7) is 3.91. The van der Waals surface area contributed by atoms with Crippen molar-refractivity contribution in [3.8, 4) is 5.69 Å². The smallest absolute Gasteiger partial charge is 0.103 e. The highest BCUT2D eigenvalue weighted by Crippen LogP contribution is 2.36. The molecule has 6 nitrogen and oxygen atoms in total. The predicted octanol–water partition coefficient (Wildman–Crippen LogP) is 2.60. The SMILES string of the molecule is Cn1cc(-n2ncc3cc(Cl)c(C4CCN(C5COC5)C4)cc32)cn1. The third-order valence-electron chi connectivity index (χ3n) is 5.42. The van der Waals surface area contributed by atoms with Crippen molar-refractivity contribution >= 4 is 22.5 Å². The lowest BCUT2D eigenvalue weighted by molar-refractivity contribution is -0.0573. The molecule has 0 radical (unpaired) electrons. The van der Waals surface area contributed by atoms with E-state index in [0.29, 0.717) is 12.0 Å². The molecular formula is C18H20ClN5O. The molecule has 0 spiro atoms. The maximum Gasteiger partial charge on any atom is 0.103 e. The van der Waals surface area contributed by atoms with Gasteiger partial charge in [-0.1, -0.05) is 11.6 Å². The summed E-state index contributed by atoms with van der Waals surface area (Å²) in [5.41, 5.74) is 3.27. The zero-order chi connectivity index (χ0) is 17.0. The quantitative estimate of drug-likeness (QED) is 0.723. The molecule has 2 aromatic heterocycles. The monoisotopic (exact) mass is 357 g/mol. The summed E-state index contributed by atoms with van der Waals surface area (Å²) in [6.07, 6.45) is 6.80. The highest BCUT2D eigenvalue weighted by molar-refractivity contribution is 6.32. The van der Waals surface area contributed by atoms with Crippen LogP contribution in [0.1, 0.15) is 17.9 Å². The fraction of sp³-hybridized carbons (Fsp3) is 0.444. The second kappa shape index (κ2) is 5.83. The molecule has 2 aliphatic heterocycles.